The molecule has 0 unspecified atom stereocenters. The van der Waals surface area contributed by atoms with Crippen LogP contribution in [-0.2, 0) is 9.53 Å². The summed E-state index contributed by atoms with van der Waals surface area (Å²) in [6, 6.07) is 4.30. The van der Waals surface area contributed by atoms with Crippen LogP contribution in [0.25, 0.3) is 0 Å². The minimum absolute atomic E-state index is 0.0714. The average molecular weight is 441 g/mol. The molecule has 10 heteroatoms. The predicted octanol–water partition coefficient (Wildman–Crippen LogP) is 0.521. The normalized spacial score (nSPS) is 26.4. The number of amides is 1. The highest BCUT2D eigenvalue weighted by molar-refractivity contribution is 5.95. The van der Waals surface area contributed by atoms with Crippen molar-refractivity contribution < 1.29 is 44.2 Å². The summed E-state index contributed by atoms with van der Waals surface area (Å²) < 4.78 is 16.6. The molecule has 10 nitrogen and oxygen atoms in total. The van der Waals surface area contributed by atoms with Crippen molar-refractivity contribution in [2.45, 2.75) is 71.4 Å². The zero-order valence-electron chi connectivity index (χ0n) is 18.2. The Morgan fingerprint density at radius 3 is 2.29 bits per heavy atom. The molecular weight excluding hydrogens is 410 g/mol. The molecule has 0 aromatic heterocycles. The van der Waals surface area contributed by atoms with Crippen molar-refractivity contribution in [3.8, 4) is 11.5 Å². The standard InChI is InChI=1S/C21H31NO9/c1-10(2)22-18(26)11-6-7-12(13(8-11)29-9-21(3,4)5)30-20-16(25)14(23)15(24)17(31-20)19(27)28/h6-8,10,14-17,20,23-25H,9H2,1-5H3,(H,22,26)(H,27,28)/t14-,15-,16+,17-,20+/m0/s1. The summed E-state index contributed by atoms with van der Waals surface area (Å²) in [6.45, 7) is 9.77. The van der Waals surface area contributed by atoms with Gasteiger partial charge in [-0.15, -0.1) is 0 Å². The van der Waals surface area contributed by atoms with E-state index in [0.29, 0.717) is 5.56 Å². The molecule has 5 N–H and O–H groups in total. The molecule has 2 rings (SSSR count). The topological polar surface area (TPSA) is 155 Å². The van der Waals surface area contributed by atoms with E-state index < -0.39 is 36.7 Å². The maximum absolute atomic E-state index is 12.4. The van der Waals surface area contributed by atoms with Crippen molar-refractivity contribution >= 4 is 11.9 Å². The summed E-state index contributed by atoms with van der Waals surface area (Å²) in [5.41, 5.74) is 0.0946. The van der Waals surface area contributed by atoms with Gasteiger partial charge >= 0.3 is 5.97 Å². The van der Waals surface area contributed by atoms with Crippen LogP contribution < -0.4 is 14.8 Å². The van der Waals surface area contributed by atoms with Crippen molar-refractivity contribution in [2.75, 3.05) is 6.61 Å². The summed E-state index contributed by atoms with van der Waals surface area (Å²) >= 11 is 0. The third kappa shape index (κ3) is 6.54. The summed E-state index contributed by atoms with van der Waals surface area (Å²) in [6.07, 6.45) is -8.73. The second-order valence-corrected chi connectivity index (χ2v) is 8.99. The van der Waals surface area contributed by atoms with E-state index in [1.807, 2.05) is 34.6 Å². The number of carbonyl (C=O) groups is 2. The maximum atomic E-state index is 12.4. The Morgan fingerprint density at radius 1 is 1.10 bits per heavy atom. The minimum Gasteiger partial charge on any atom is -0.489 e. The quantitative estimate of drug-likeness (QED) is 0.407. The van der Waals surface area contributed by atoms with Crippen LogP contribution in [0.3, 0.4) is 0 Å². The minimum atomic E-state index is -1.83. The van der Waals surface area contributed by atoms with Gasteiger partial charge in [-0.2, -0.15) is 0 Å². The van der Waals surface area contributed by atoms with Crippen LogP contribution in [0.5, 0.6) is 11.5 Å². The van der Waals surface area contributed by atoms with Crippen molar-refractivity contribution in [1.82, 2.24) is 5.32 Å². The van der Waals surface area contributed by atoms with Crippen LogP contribution >= 0.6 is 0 Å². The number of rotatable bonds is 7. The van der Waals surface area contributed by atoms with Gasteiger partial charge in [-0.3, -0.25) is 4.79 Å². The van der Waals surface area contributed by atoms with Crippen molar-refractivity contribution in [3.63, 3.8) is 0 Å². The van der Waals surface area contributed by atoms with Crippen LogP contribution in [0.2, 0.25) is 0 Å². The van der Waals surface area contributed by atoms with Crippen LogP contribution in [0, 0.1) is 5.41 Å². The van der Waals surface area contributed by atoms with Crippen LogP contribution in [-0.4, -0.2) is 75.7 Å². The Kier molecular flexibility index (Phi) is 7.87. The highest BCUT2D eigenvalue weighted by Gasteiger charge is 2.48. The Bertz CT molecular complexity index is 790. The molecule has 5 atom stereocenters. The molecule has 1 amide bonds. The highest BCUT2D eigenvalue weighted by atomic mass is 16.7. The smallest absolute Gasteiger partial charge is 0.335 e. The van der Waals surface area contributed by atoms with E-state index in [4.69, 9.17) is 14.2 Å². The Hall–Kier alpha value is -2.40. The molecule has 1 aromatic rings. The first kappa shape index (κ1) is 24.9. The fourth-order valence-electron chi connectivity index (χ4n) is 2.77. The van der Waals surface area contributed by atoms with Gasteiger partial charge in [0, 0.05) is 11.6 Å². The molecule has 0 aliphatic carbocycles. The lowest BCUT2D eigenvalue weighted by Crippen LogP contribution is -2.61. The van der Waals surface area contributed by atoms with E-state index >= 15 is 0 Å². The molecule has 0 bridgehead atoms. The number of aliphatic hydroxyl groups excluding tert-OH is 3. The van der Waals surface area contributed by atoms with Crippen LogP contribution in [0.15, 0.2) is 18.2 Å². The molecular formula is C21H31NO9. The Morgan fingerprint density at radius 2 is 1.74 bits per heavy atom. The lowest BCUT2D eigenvalue weighted by molar-refractivity contribution is -0.271. The fraction of sp³-hybridized carbons (Fsp3) is 0.619. The van der Waals surface area contributed by atoms with Gasteiger partial charge < -0.3 is 40.0 Å². The lowest BCUT2D eigenvalue weighted by Gasteiger charge is -2.38. The lowest BCUT2D eigenvalue weighted by atomic mass is 9.98. The number of carbonyl (C=O) groups excluding carboxylic acids is 1. The molecule has 1 aliphatic rings. The van der Waals surface area contributed by atoms with E-state index in [9.17, 15) is 30.0 Å². The number of carboxylic acids is 1. The van der Waals surface area contributed by atoms with Crippen LogP contribution in [0.4, 0.5) is 0 Å². The number of hydrogen-bond donors (Lipinski definition) is 5. The van der Waals surface area contributed by atoms with Gasteiger partial charge in [0.05, 0.1) is 6.61 Å². The number of ether oxygens (including phenoxy) is 3. The van der Waals surface area contributed by atoms with Crippen molar-refractivity contribution in [3.05, 3.63) is 23.8 Å². The van der Waals surface area contributed by atoms with E-state index in [-0.39, 0.29) is 35.5 Å². The average Bonchev–Trinajstić information content (AvgIpc) is 2.65. The third-order valence-electron chi connectivity index (χ3n) is 4.34. The highest BCUT2D eigenvalue weighted by Crippen LogP contribution is 2.33. The van der Waals surface area contributed by atoms with Crippen molar-refractivity contribution in [1.29, 1.82) is 0 Å². The third-order valence-corrected chi connectivity index (χ3v) is 4.34. The molecule has 1 heterocycles. The second kappa shape index (κ2) is 9.82. The first-order valence-electron chi connectivity index (χ1n) is 9.97. The molecule has 174 valence electrons. The first-order chi connectivity index (χ1) is 14.3. The summed E-state index contributed by atoms with van der Waals surface area (Å²) in [5.74, 6) is -1.59. The zero-order chi connectivity index (χ0) is 23.5. The van der Waals surface area contributed by atoms with E-state index in [1.54, 1.807) is 0 Å². The molecule has 1 fully saturated rings. The number of carboxylic acid groups (broad SMARTS) is 1. The maximum Gasteiger partial charge on any atom is 0.335 e. The van der Waals surface area contributed by atoms with Gasteiger partial charge in [0.2, 0.25) is 6.29 Å². The molecule has 0 spiro atoms. The van der Waals surface area contributed by atoms with E-state index in [0.717, 1.165) is 0 Å². The molecule has 0 saturated carbocycles. The van der Waals surface area contributed by atoms with Crippen molar-refractivity contribution in [2.24, 2.45) is 5.41 Å². The Balaban J connectivity index is 2.32. The van der Waals surface area contributed by atoms with E-state index in [2.05, 4.69) is 5.32 Å². The largest absolute Gasteiger partial charge is 0.489 e. The van der Waals surface area contributed by atoms with Gasteiger partial charge in [-0.05, 0) is 37.5 Å². The van der Waals surface area contributed by atoms with E-state index in [1.165, 1.54) is 18.2 Å². The fourth-order valence-corrected chi connectivity index (χ4v) is 2.77. The molecule has 31 heavy (non-hydrogen) atoms. The molecule has 1 aromatic carbocycles. The first-order valence-corrected chi connectivity index (χ1v) is 9.97. The monoisotopic (exact) mass is 441 g/mol. The van der Waals surface area contributed by atoms with Crippen LogP contribution in [0.1, 0.15) is 45.0 Å². The molecule has 1 aliphatic heterocycles. The molecule has 0 radical (unpaired) electrons. The zero-order valence-corrected chi connectivity index (χ0v) is 18.2. The number of aliphatic hydroxyl groups is 3. The number of aliphatic carboxylic acids is 1. The summed E-state index contributed by atoms with van der Waals surface area (Å²) in [5, 5.41) is 42.0. The van der Waals surface area contributed by atoms with Gasteiger partial charge in [-0.25, -0.2) is 4.79 Å². The summed E-state index contributed by atoms with van der Waals surface area (Å²) in [7, 11) is 0. The number of hydrogen-bond acceptors (Lipinski definition) is 8. The Labute approximate surface area is 180 Å². The van der Waals surface area contributed by atoms with Gasteiger partial charge in [0.15, 0.2) is 17.6 Å². The summed E-state index contributed by atoms with van der Waals surface area (Å²) in [4.78, 5) is 23.7. The SMILES string of the molecule is CC(C)NC(=O)c1ccc(O[C@@H]2O[C@H](C(=O)O)[C@@H](O)[C@H](O)[C@H]2O)c(OCC(C)(C)C)c1. The van der Waals surface area contributed by atoms with Gasteiger partial charge in [0.25, 0.3) is 5.91 Å². The van der Waals surface area contributed by atoms with Gasteiger partial charge in [0.1, 0.15) is 18.3 Å². The second-order valence-electron chi connectivity index (χ2n) is 8.99. The van der Waals surface area contributed by atoms with Gasteiger partial charge in [-0.1, -0.05) is 20.8 Å². The number of benzene rings is 1. The number of nitrogens with one attached hydrogen (secondary N) is 1. The predicted molar refractivity (Wildman–Crippen MR) is 109 cm³/mol. The molecule has 1 saturated heterocycles.